The number of carbonyl (C=O) groups is 1. The molecule has 10 heteroatoms. The topological polar surface area (TPSA) is 94.3 Å². The van der Waals surface area contributed by atoms with Gasteiger partial charge in [-0.1, -0.05) is 23.7 Å². The van der Waals surface area contributed by atoms with E-state index in [9.17, 15) is 14.9 Å². The van der Waals surface area contributed by atoms with Crippen LogP contribution in [0.15, 0.2) is 46.3 Å². The number of thioether (sulfide) groups is 1. The third-order valence-corrected chi connectivity index (χ3v) is 5.96. The van der Waals surface area contributed by atoms with Crippen molar-refractivity contribution in [3.8, 4) is 11.5 Å². The van der Waals surface area contributed by atoms with Crippen LogP contribution in [0.3, 0.4) is 0 Å². The van der Waals surface area contributed by atoms with Gasteiger partial charge in [0, 0.05) is 25.2 Å². The molecule has 1 amide bonds. The zero-order chi connectivity index (χ0) is 24.0. The number of halogens is 1. The van der Waals surface area contributed by atoms with Crippen molar-refractivity contribution in [2.24, 2.45) is 4.99 Å². The lowest BCUT2D eigenvalue weighted by molar-refractivity contribution is -0.384. The average Bonchev–Trinajstić information content (AvgIpc) is 3.07. The summed E-state index contributed by atoms with van der Waals surface area (Å²) in [6.07, 6.45) is 1.76. The first-order valence-corrected chi connectivity index (χ1v) is 11.7. The molecule has 1 aliphatic heterocycles. The molecule has 0 bridgehead atoms. The molecule has 2 aromatic carbocycles. The van der Waals surface area contributed by atoms with Gasteiger partial charge in [0.2, 0.25) is 0 Å². The maximum absolute atomic E-state index is 12.7. The lowest BCUT2D eigenvalue weighted by Crippen LogP contribution is -2.28. The Kier molecular flexibility index (Phi) is 8.35. The van der Waals surface area contributed by atoms with E-state index in [1.807, 2.05) is 20.8 Å². The quantitative estimate of drug-likeness (QED) is 0.261. The number of aliphatic imine (C=N–C) groups is 1. The van der Waals surface area contributed by atoms with Crippen molar-refractivity contribution in [2.45, 2.75) is 27.4 Å². The van der Waals surface area contributed by atoms with Gasteiger partial charge >= 0.3 is 0 Å². The number of nitro groups is 1. The third-order valence-electron chi connectivity index (χ3n) is 4.63. The number of rotatable bonds is 9. The van der Waals surface area contributed by atoms with E-state index >= 15 is 0 Å². The maximum atomic E-state index is 12.7. The predicted octanol–water partition coefficient (Wildman–Crippen LogP) is 5.54. The van der Waals surface area contributed by atoms with Gasteiger partial charge in [-0.2, -0.15) is 0 Å². The number of amides is 1. The first-order valence-electron chi connectivity index (χ1n) is 10.5. The molecule has 1 aliphatic rings. The summed E-state index contributed by atoms with van der Waals surface area (Å²) in [4.78, 5) is 29.9. The minimum Gasteiger partial charge on any atom is -0.490 e. The van der Waals surface area contributed by atoms with E-state index < -0.39 is 4.92 Å². The summed E-state index contributed by atoms with van der Waals surface area (Å²) in [5.74, 6) is 0.656. The highest BCUT2D eigenvalue weighted by atomic mass is 35.5. The van der Waals surface area contributed by atoms with Gasteiger partial charge in [-0.25, -0.2) is 0 Å². The van der Waals surface area contributed by atoms with Gasteiger partial charge in [-0.05, 0) is 61.9 Å². The number of ether oxygens (including phenoxy) is 2. The van der Waals surface area contributed by atoms with E-state index in [1.165, 1.54) is 23.9 Å². The van der Waals surface area contributed by atoms with Gasteiger partial charge in [0.1, 0.15) is 6.61 Å². The standard InChI is InChI=1S/C23H24ClN3O5S/c1-4-25-23-26(5-2)22(28)20(33-23)13-16-11-18(24)21(19(12-16)31-6-3)32-14-15-8-7-9-17(10-15)27(29)30/h7-13H,4-6,14H2,1-3H3/b20-13-,25-23?. The van der Waals surface area contributed by atoms with Gasteiger partial charge in [-0.15, -0.1) is 0 Å². The van der Waals surface area contributed by atoms with Crippen LogP contribution in [0.5, 0.6) is 11.5 Å². The minimum absolute atomic E-state index is 0.0139. The summed E-state index contributed by atoms with van der Waals surface area (Å²) in [6.45, 7) is 7.27. The summed E-state index contributed by atoms with van der Waals surface area (Å²) in [6, 6.07) is 9.65. The zero-order valence-electron chi connectivity index (χ0n) is 18.5. The Morgan fingerprint density at radius 3 is 2.67 bits per heavy atom. The molecule has 2 aromatic rings. The fraction of sp³-hybridized carbons (Fsp3) is 0.304. The Balaban J connectivity index is 1.88. The van der Waals surface area contributed by atoms with E-state index in [0.29, 0.717) is 57.4 Å². The van der Waals surface area contributed by atoms with Crippen LogP contribution in [-0.2, 0) is 11.4 Å². The number of amidine groups is 1. The monoisotopic (exact) mass is 489 g/mol. The second-order valence-electron chi connectivity index (χ2n) is 6.90. The number of benzene rings is 2. The molecule has 8 nitrogen and oxygen atoms in total. The van der Waals surface area contributed by atoms with Crippen molar-refractivity contribution in [3.63, 3.8) is 0 Å². The number of likely N-dealkylation sites (N-methyl/N-ethyl adjacent to an activating group) is 1. The second-order valence-corrected chi connectivity index (χ2v) is 8.31. The van der Waals surface area contributed by atoms with Gasteiger partial charge in [-0.3, -0.25) is 24.8 Å². The van der Waals surface area contributed by atoms with Crippen LogP contribution in [0.25, 0.3) is 6.08 Å². The van der Waals surface area contributed by atoms with Gasteiger partial charge in [0.15, 0.2) is 16.7 Å². The number of hydrogen-bond acceptors (Lipinski definition) is 7. The normalized spacial score (nSPS) is 16.0. The zero-order valence-corrected chi connectivity index (χ0v) is 20.1. The van der Waals surface area contributed by atoms with E-state index in [4.69, 9.17) is 21.1 Å². The molecular formula is C23H24ClN3O5S. The molecule has 33 heavy (non-hydrogen) atoms. The smallest absolute Gasteiger partial charge is 0.269 e. The summed E-state index contributed by atoms with van der Waals surface area (Å²) in [5, 5.41) is 12.0. The van der Waals surface area contributed by atoms with Crippen LogP contribution in [0, 0.1) is 10.1 Å². The van der Waals surface area contributed by atoms with Crippen LogP contribution >= 0.6 is 23.4 Å². The van der Waals surface area contributed by atoms with E-state index in [0.717, 1.165) is 0 Å². The molecule has 0 unspecified atom stereocenters. The molecule has 0 aromatic heterocycles. The summed E-state index contributed by atoms with van der Waals surface area (Å²) < 4.78 is 11.6. The summed E-state index contributed by atoms with van der Waals surface area (Å²) in [5.41, 5.74) is 1.31. The van der Waals surface area contributed by atoms with Crippen LogP contribution in [0.1, 0.15) is 31.9 Å². The molecule has 1 fully saturated rings. The molecular weight excluding hydrogens is 466 g/mol. The molecule has 174 valence electrons. The Morgan fingerprint density at radius 2 is 2.00 bits per heavy atom. The third kappa shape index (κ3) is 5.85. The highest BCUT2D eigenvalue weighted by molar-refractivity contribution is 8.18. The minimum atomic E-state index is -0.455. The van der Waals surface area contributed by atoms with Crippen molar-refractivity contribution in [1.82, 2.24) is 4.90 Å². The second kappa shape index (κ2) is 11.2. The molecule has 0 aliphatic carbocycles. The van der Waals surface area contributed by atoms with Crippen LogP contribution < -0.4 is 9.47 Å². The Labute approximate surface area is 201 Å². The highest BCUT2D eigenvalue weighted by Gasteiger charge is 2.32. The molecule has 3 rings (SSSR count). The van der Waals surface area contributed by atoms with Crippen LogP contribution in [-0.4, -0.2) is 40.6 Å². The van der Waals surface area contributed by atoms with Crippen molar-refractivity contribution < 1.29 is 19.2 Å². The Morgan fingerprint density at radius 1 is 1.21 bits per heavy atom. The highest BCUT2D eigenvalue weighted by Crippen LogP contribution is 2.39. The molecule has 0 atom stereocenters. The maximum Gasteiger partial charge on any atom is 0.269 e. The molecule has 0 spiro atoms. The van der Waals surface area contributed by atoms with Crippen LogP contribution in [0.2, 0.25) is 5.02 Å². The van der Waals surface area contributed by atoms with Gasteiger partial charge in [0.25, 0.3) is 11.6 Å². The molecule has 0 N–H and O–H groups in total. The summed E-state index contributed by atoms with van der Waals surface area (Å²) in [7, 11) is 0. The van der Waals surface area contributed by atoms with Gasteiger partial charge < -0.3 is 9.47 Å². The molecule has 0 radical (unpaired) electrons. The van der Waals surface area contributed by atoms with Crippen molar-refractivity contribution in [3.05, 3.63) is 67.6 Å². The molecule has 0 saturated carbocycles. The average molecular weight is 490 g/mol. The van der Waals surface area contributed by atoms with E-state index in [1.54, 1.807) is 35.2 Å². The fourth-order valence-corrected chi connectivity index (χ4v) is 4.56. The molecule has 1 heterocycles. The number of nitrogens with zero attached hydrogens (tertiary/aromatic N) is 3. The Hall–Kier alpha value is -3.04. The van der Waals surface area contributed by atoms with Crippen molar-refractivity contribution >= 4 is 46.2 Å². The largest absolute Gasteiger partial charge is 0.490 e. The Bertz CT molecular complexity index is 1120. The van der Waals surface area contributed by atoms with E-state index in [-0.39, 0.29) is 18.2 Å². The first-order chi connectivity index (χ1) is 15.9. The predicted molar refractivity (Wildman–Crippen MR) is 131 cm³/mol. The van der Waals surface area contributed by atoms with Crippen molar-refractivity contribution in [2.75, 3.05) is 19.7 Å². The lowest BCUT2D eigenvalue weighted by Gasteiger charge is -2.15. The van der Waals surface area contributed by atoms with Gasteiger partial charge in [0.05, 0.1) is 21.5 Å². The number of nitro benzene ring substituents is 1. The number of non-ortho nitro benzene ring substituents is 1. The van der Waals surface area contributed by atoms with Crippen LogP contribution in [0.4, 0.5) is 5.69 Å². The fourth-order valence-electron chi connectivity index (χ4n) is 3.18. The first kappa shape index (κ1) is 24.6. The number of hydrogen-bond donors (Lipinski definition) is 0. The van der Waals surface area contributed by atoms with Crippen molar-refractivity contribution in [1.29, 1.82) is 0 Å². The SMILES string of the molecule is CCN=C1S/C(=C\c2cc(Cl)c(OCc3cccc([N+](=O)[O-])c3)c(OCC)c2)C(=O)N1CC. The lowest BCUT2D eigenvalue weighted by atomic mass is 10.1. The molecule has 1 saturated heterocycles. The summed E-state index contributed by atoms with van der Waals surface area (Å²) >= 11 is 7.83. The van der Waals surface area contributed by atoms with E-state index in [2.05, 4.69) is 4.99 Å². The number of carbonyl (C=O) groups excluding carboxylic acids is 1.